The summed E-state index contributed by atoms with van der Waals surface area (Å²) in [6, 6.07) is 0. The highest BCUT2D eigenvalue weighted by Crippen LogP contribution is 2.21. The van der Waals surface area contributed by atoms with E-state index in [1.807, 2.05) is 0 Å². The molecule has 8 heteroatoms. The number of sulfonamides is 1. The smallest absolute Gasteiger partial charge is 0.246 e. The van der Waals surface area contributed by atoms with Crippen LogP contribution in [0.5, 0.6) is 0 Å². The summed E-state index contributed by atoms with van der Waals surface area (Å²) in [5, 5.41) is 13.8. The molecule has 0 aliphatic carbocycles. The van der Waals surface area contributed by atoms with Crippen LogP contribution in [-0.4, -0.2) is 42.3 Å². The van der Waals surface area contributed by atoms with Gasteiger partial charge in [0.15, 0.2) is 0 Å². The maximum Gasteiger partial charge on any atom is 0.246 e. The van der Waals surface area contributed by atoms with Gasteiger partial charge in [-0.15, -0.1) is 0 Å². The Balaban J connectivity index is 3.05. The Labute approximate surface area is 107 Å². The first kappa shape index (κ1) is 14.7. The zero-order valence-corrected chi connectivity index (χ0v) is 11.8. The second kappa shape index (κ2) is 5.07. The number of aryl methyl sites for hydroxylation is 2. The molecule has 0 spiro atoms. The number of hydrogen-bond acceptors (Lipinski definition) is 4. The molecule has 1 heterocycles. The highest BCUT2D eigenvalue weighted by Gasteiger charge is 2.28. The van der Waals surface area contributed by atoms with Crippen LogP contribution < -0.4 is 5.73 Å². The van der Waals surface area contributed by atoms with Gasteiger partial charge in [0.2, 0.25) is 10.0 Å². The molecule has 0 aliphatic rings. The Bertz CT molecular complexity index is 529. The second-order valence-electron chi connectivity index (χ2n) is 4.41. The normalized spacial score (nSPS) is 13.8. The van der Waals surface area contributed by atoms with Crippen LogP contribution in [0.25, 0.3) is 0 Å². The van der Waals surface area contributed by atoms with Gasteiger partial charge in [-0.25, -0.2) is 12.7 Å². The Morgan fingerprint density at radius 1 is 1.56 bits per heavy atom. The largest absolute Gasteiger partial charge is 0.387 e. The minimum Gasteiger partial charge on any atom is -0.387 e. The molecule has 1 rings (SSSR count). The third-order valence-electron chi connectivity index (χ3n) is 2.79. The van der Waals surface area contributed by atoms with Crippen LogP contribution in [-0.2, 0) is 10.0 Å². The van der Waals surface area contributed by atoms with Crippen molar-refractivity contribution in [2.24, 2.45) is 11.7 Å². The number of aromatic nitrogens is 2. The van der Waals surface area contributed by atoms with Gasteiger partial charge in [0.05, 0.1) is 17.2 Å². The molecule has 7 nitrogen and oxygen atoms in total. The van der Waals surface area contributed by atoms with Crippen molar-refractivity contribution in [3.05, 3.63) is 11.4 Å². The maximum atomic E-state index is 12.3. The standard InChI is InChI=1S/C10H19N5O2S/c1-6(10(11)12)5-15(4)18(16,17)9-7(2)13-14-8(9)3/h6H,5H2,1-4H3,(H3,11,12)(H,13,14). The van der Waals surface area contributed by atoms with Gasteiger partial charge in [0.25, 0.3) is 0 Å². The van der Waals surface area contributed by atoms with Gasteiger partial charge in [0.1, 0.15) is 4.90 Å². The van der Waals surface area contributed by atoms with Crippen molar-refractivity contribution in [1.29, 1.82) is 5.41 Å². The molecule has 0 bridgehead atoms. The van der Waals surface area contributed by atoms with Crippen LogP contribution in [0.3, 0.4) is 0 Å². The molecular formula is C10H19N5O2S. The Morgan fingerprint density at radius 3 is 2.50 bits per heavy atom. The number of rotatable bonds is 5. The number of nitrogens with one attached hydrogen (secondary N) is 2. The minimum atomic E-state index is -3.60. The first-order chi connectivity index (χ1) is 8.17. The van der Waals surface area contributed by atoms with Crippen LogP contribution in [0.4, 0.5) is 0 Å². The summed E-state index contributed by atoms with van der Waals surface area (Å²) >= 11 is 0. The lowest BCUT2D eigenvalue weighted by molar-refractivity contribution is 0.442. The zero-order chi connectivity index (χ0) is 14.1. The fourth-order valence-electron chi connectivity index (χ4n) is 1.66. The molecule has 1 atom stereocenters. The van der Waals surface area contributed by atoms with Crippen LogP contribution in [0.15, 0.2) is 4.90 Å². The van der Waals surface area contributed by atoms with E-state index < -0.39 is 10.0 Å². The van der Waals surface area contributed by atoms with Gasteiger partial charge in [-0.1, -0.05) is 6.92 Å². The third kappa shape index (κ3) is 2.70. The van der Waals surface area contributed by atoms with Crippen molar-refractivity contribution in [1.82, 2.24) is 14.5 Å². The predicted octanol–water partition coefficient (Wildman–Crippen LogP) is 0.219. The average molecular weight is 273 g/mol. The number of amidine groups is 1. The molecule has 0 aromatic carbocycles. The van der Waals surface area contributed by atoms with Gasteiger partial charge in [-0.3, -0.25) is 10.5 Å². The number of H-pyrrole nitrogens is 1. The van der Waals surface area contributed by atoms with Gasteiger partial charge in [0, 0.05) is 19.5 Å². The lowest BCUT2D eigenvalue weighted by Gasteiger charge is -2.20. The second-order valence-corrected chi connectivity index (χ2v) is 6.39. The summed E-state index contributed by atoms with van der Waals surface area (Å²) in [5.74, 6) is -0.352. The zero-order valence-electron chi connectivity index (χ0n) is 11.0. The average Bonchev–Trinajstić information content (AvgIpc) is 2.58. The summed E-state index contributed by atoms with van der Waals surface area (Å²) in [7, 11) is -2.13. The van der Waals surface area contributed by atoms with E-state index in [0.717, 1.165) is 0 Å². The van der Waals surface area contributed by atoms with E-state index in [2.05, 4.69) is 10.2 Å². The van der Waals surface area contributed by atoms with Crippen molar-refractivity contribution >= 4 is 15.9 Å². The lowest BCUT2D eigenvalue weighted by atomic mass is 10.2. The van der Waals surface area contributed by atoms with Crippen LogP contribution in [0.1, 0.15) is 18.3 Å². The molecule has 0 saturated carbocycles. The number of hydrogen-bond donors (Lipinski definition) is 3. The van der Waals surface area contributed by atoms with E-state index in [-0.39, 0.29) is 23.2 Å². The van der Waals surface area contributed by atoms with E-state index >= 15 is 0 Å². The highest BCUT2D eigenvalue weighted by molar-refractivity contribution is 7.89. The fourth-order valence-corrected chi connectivity index (χ4v) is 3.24. The fraction of sp³-hybridized carbons (Fsp3) is 0.600. The summed E-state index contributed by atoms with van der Waals surface area (Å²) < 4.78 is 25.9. The van der Waals surface area contributed by atoms with Gasteiger partial charge in [-0.05, 0) is 13.8 Å². The summed E-state index contributed by atoms with van der Waals surface area (Å²) in [6.07, 6.45) is 0. The van der Waals surface area contributed by atoms with Crippen molar-refractivity contribution < 1.29 is 8.42 Å². The minimum absolute atomic E-state index is 0.0299. The monoisotopic (exact) mass is 273 g/mol. The molecule has 1 aromatic rings. The Morgan fingerprint density at radius 2 is 2.11 bits per heavy atom. The Hall–Kier alpha value is -1.41. The van der Waals surface area contributed by atoms with E-state index in [1.165, 1.54) is 11.4 Å². The first-order valence-corrected chi connectivity index (χ1v) is 6.93. The van der Waals surface area contributed by atoms with Crippen molar-refractivity contribution in [3.63, 3.8) is 0 Å². The van der Waals surface area contributed by atoms with E-state index in [9.17, 15) is 8.42 Å². The number of nitrogens with two attached hydrogens (primary N) is 1. The molecule has 4 N–H and O–H groups in total. The molecule has 102 valence electrons. The SMILES string of the molecule is Cc1n[nH]c(C)c1S(=O)(=O)N(C)CC(C)C(=N)N. The van der Waals surface area contributed by atoms with E-state index in [0.29, 0.717) is 11.4 Å². The molecule has 1 aromatic heterocycles. The van der Waals surface area contributed by atoms with Crippen LogP contribution >= 0.6 is 0 Å². The predicted molar refractivity (Wildman–Crippen MR) is 69.0 cm³/mol. The Kier molecular flexibility index (Phi) is 4.12. The van der Waals surface area contributed by atoms with Crippen LogP contribution in [0, 0.1) is 25.2 Å². The van der Waals surface area contributed by atoms with Crippen LogP contribution in [0.2, 0.25) is 0 Å². The quantitative estimate of drug-likeness (QED) is 0.525. The topological polar surface area (TPSA) is 116 Å². The van der Waals surface area contributed by atoms with Crippen molar-refractivity contribution in [2.75, 3.05) is 13.6 Å². The number of nitrogens with zero attached hydrogens (tertiary/aromatic N) is 2. The summed E-state index contributed by atoms with van der Waals surface area (Å²) in [4.78, 5) is 0.195. The van der Waals surface area contributed by atoms with Gasteiger partial charge < -0.3 is 5.73 Å². The van der Waals surface area contributed by atoms with Gasteiger partial charge in [-0.2, -0.15) is 5.10 Å². The molecule has 0 aliphatic heterocycles. The van der Waals surface area contributed by atoms with E-state index in [1.54, 1.807) is 20.8 Å². The maximum absolute atomic E-state index is 12.3. The molecule has 0 fully saturated rings. The molecule has 0 radical (unpaired) electrons. The first-order valence-electron chi connectivity index (χ1n) is 5.49. The molecule has 0 saturated heterocycles. The molecule has 1 unspecified atom stereocenters. The molecular weight excluding hydrogens is 254 g/mol. The summed E-state index contributed by atoms with van der Waals surface area (Å²) in [5.41, 5.74) is 6.30. The van der Waals surface area contributed by atoms with Crippen molar-refractivity contribution in [3.8, 4) is 0 Å². The lowest BCUT2D eigenvalue weighted by Crippen LogP contribution is -2.36. The third-order valence-corrected chi connectivity index (χ3v) is 4.88. The van der Waals surface area contributed by atoms with Crippen molar-refractivity contribution in [2.45, 2.75) is 25.7 Å². The summed E-state index contributed by atoms with van der Waals surface area (Å²) in [6.45, 7) is 5.18. The number of aromatic amines is 1. The molecule has 0 amide bonds. The van der Waals surface area contributed by atoms with E-state index in [4.69, 9.17) is 11.1 Å². The highest BCUT2D eigenvalue weighted by atomic mass is 32.2. The van der Waals surface area contributed by atoms with Gasteiger partial charge >= 0.3 is 0 Å². The molecule has 18 heavy (non-hydrogen) atoms.